The lowest BCUT2D eigenvalue weighted by Gasteiger charge is -2.26. The molecular formula is C27H23F2NO4. The Morgan fingerprint density at radius 2 is 1.71 bits per heavy atom. The fraction of sp³-hybridized carbons (Fsp3) is 0.185. The van der Waals surface area contributed by atoms with E-state index in [4.69, 9.17) is 4.74 Å². The summed E-state index contributed by atoms with van der Waals surface area (Å²) in [6.45, 7) is 4.21. The third kappa shape index (κ3) is 4.17. The van der Waals surface area contributed by atoms with Gasteiger partial charge in [-0.3, -0.25) is 14.5 Å². The number of ether oxygens (including phenoxy) is 1. The van der Waals surface area contributed by atoms with Crippen molar-refractivity contribution < 1.29 is 28.2 Å². The number of halogens is 2. The SMILES string of the molecule is CCOc1cccc(C2/C(=C(\O)c3ccc(CC)cc3)C(=O)C(=O)N2c2ccc(F)c(F)c2)c1. The lowest BCUT2D eigenvalue weighted by molar-refractivity contribution is -0.132. The van der Waals surface area contributed by atoms with Crippen molar-refractivity contribution in [3.63, 3.8) is 0 Å². The molecular weight excluding hydrogens is 440 g/mol. The average Bonchev–Trinajstić information content (AvgIpc) is 3.11. The Morgan fingerprint density at radius 1 is 0.971 bits per heavy atom. The molecule has 0 spiro atoms. The van der Waals surface area contributed by atoms with Gasteiger partial charge in [-0.2, -0.15) is 0 Å². The molecule has 1 fully saturated rings. The molecule has 174 valence electrons. The standard InChI is InChI=1S/C27H23F2NO4/c1-3-16-8-10-17(11-9-16)25(31)23-24(18-6-5-7-20(14-18)34-4-2)30(27(33)26(23)32)19-12-13-21(28)22(29)15-19/h5-15,24,31H,3-4H2,1-2H3/b25-23+. The van der Waals surface area contributed by atoms with E-state index < -0.39 is 29.4 Å². The molecule has 1 N–H and O–H groups in total. The highest BCUT2D eigenvalue weighted by Crippen LogP contribution is 2.43. The summed E-state index contributed by atoms with van der Waals surface area (Å²) in [5.41, 5.74) is 1.73. The van der Waals surface area contributed by atoms with E-state index in [0.717, 1.165) is 29.0 Å². The summed E-state index contributed by atoms with van der Waals surface area (Å²) < 4.78 is 33.2. The van der Waals surface area contributed by atoms with Crippen LogP contribution in [0.4, 0.5) is 14.5 Å². The number of benzene rings is 3. The van der Waals surface area contributed by atoms with E-state index in [-0.39, 0.29) is 17.0 Å². The third-order valence-electron chi connectivity index (χ3n) is 5.75. The fourth-order valence-corrected chi connectivity index (χ4v) is 4.04. The van der Waals surface area contributed by atoms with E-state index in [0.29, 0.717) is 23.5 Å². The van der Waals surface area contributed by atoms with Gasteiger partial charge in [-0.25, -0.2) is 8.78 Å². The molecule has 3 aromatic carbocycles. The minimum atomic E-state index is -1.16. The van der Waals surface area contributed by atoms with E-state index in [1.807, 2.05) is 26.0 Å². The zero-order valence-corrected chi connectivity index (χ0v) is 18.7. The molecule has 1 saturated heterocycles. The number of Topliss-reactive ketones (excluding diaryl/α,β-unsaturated/α-hetero) is 1. The Balaban J connectivity index is 1.93. The monoisotopic (exact) mass is 463 g/mol. The van der Waals surface area contributed by atoms with Crippen LogP contribution >= 0.6 is 0 Å². The van der Waals surface area contributed by atoms with Crippen LogP contribution < -0.4 is 9.64 Å². The maximum Gasteiger partial charge on any atom is 0.300 e. The van der Waals surface area contributed by atoms with Crippen molar-refractivity contribution in [2.24, 2.45) is 0 Å². The topological polar surface area (TPSA) is 66.8 Å². The molecule has 1 heterocycles. The number of aliphatic hydroxyl groups is 1. The van der Waals surface area contributed by atoms with Crippen molar-refractivity contribution in [3.05, 3.63) is 101 Å². The van der Waals surface area contributed by atoms with Gasteiger partial charge in [-0.05, 0) is 48.7 Å². The largest absolute Gasteiger partial charge is 0.507 e. The highest BCUT2D eigenvalue weighted by molar-refractivity contribution is 6.51. The van der Waals surface area contributed by atoms with Gasteiger partial charge in [0.25, 0.3) is 11.7 Å². The zero-order valence-electron chi connectivity index (χ0n) is 18.7. The molecule has 3 aromatic rings. The second kappa shape index (κ2) is 9.47. The molecule has 4 rings (SSSR count). The summed E-state index contributed by atoms with van der Waals surface area (Å²) >= 11 is 0. The summed E-state index contributed by atoms with van der Waals surface area (Å²) in [7, 11) is 0. The molecule has 0 saturated carbocycles. The van der Waals surface area contributed by atoms with E-state index in [2.05, 4.69) is 0 Å². The minimum absolute atomic E-state index is 0.00630. The number of nitrogens with zero attached hydrogens (tertiary/aromatic N) is 1. The van der Waals surface area contributed by atoms with Crippen molar-refractivity contribution >= 4 is 23.1 Å². The van der Waals surface area contributed by atoms with Crippen molar-refractivity contribution in [1.82, 2.24) is 0 Å². The minimum Gasteiger partial charge on any atom is -0.507 e. The van der Waals surface area contributed by atoms with Crippen LogP contribution in [0.25, 0.3) is 5.76 Å². The first kappa shape index (κ1) is 23.2. The van der Waals surface area contributed by atoms with Gasteiger partial charge in [0, 0.05) is 17.3 Å². The molecule has 1 amide bonds. The number of aryl methyl sites for hydroxylation is 1. The van der Waals surface area contributed by atoms with Crippen molar-refractivity contribution in [1.29, 1.82) is 0 Å². The first-order chi connectivity index (χ1) is 16.3. The van der Waals surface area contributed by atoms with Gasteiger partial charge < -0.3 is 9.84 Å². The first-order valence-corrected chi connectivity index (χ1v) is 10.9. The van der Waals surface area contributed by atoms with Gasteiger partial charge in [-0.1, -0.05) is 43.3 Å². The summed E-state index contributed by atoms with van der Waals surface area (Å²) in [5.74, 6) is -3.96. The number of hydrogen-bond acceptors (Lipinski definition) is 4. The number of amides is 1. The zero-order chi connectivity index (χ0) is 24.4. The van der Waals surface area contributed by atoms with Crippen LogP contribution in [-0.4, -0.2) is 23.4 Å². The van der Waals surface area contributed by atoms with Gasteiger partial charge in [0.05, 0.1) is 18.2 Å². The van der Waals surface area contributed by atoms with Crippen LogP contribution in [0.1, 0.15) is 36.6 Å². The van der Waals surface area contributed by atoms with E-state index in [1.54, 1.807) is 36.4 Å². The maximum absolute atomic E-state index is 14.1. The number of hydrogen-bond donors (Lipinski definition) is 1. The number of carbonyl (C=O) groups excluding carboxylic acids is 2. The number of aliphatic hydroxyl groups excluding tert-OH is 1. The lowest BCUT2D eigenvalue weighted by atomic mass is 9.94. The summed E-state index contributed by atoms with van der Waals surface area (Å²) in [6, 6.07) is 15.6. The van der Waals surface area contributed by atoms with Gasteiger partial charge in [0.2, 0.25) is 0 Å². The Morgan fingerprint density at radius 3 is 2.35 bits per heavy atom. The summed E-state index contributed by atoms with van der Waals surface area (Å²) in [4.78, 5) is 27.4. The molecule has 7 heteroatoms. The predicted octanol–water partition coefficient (Wildman–Crippen LogP) is 5.55. The normalized spacial score (nSPS) is 17.3. The second-order valence-corrected chi connectivity index (χ2v) is 7.82. The fourth-order valence-electron chi connectivity index (χ4n) is 4.04. The van der Waals surface area contributed by atoms with Crippen LogP contribution in [0.15, 0.2) is 72.3 Å². The Bertz CT molecular complexity index is 1280. The quantitative estimate of drug-likeness (QED) is 0.296. The maximum atomic E-state index is 14.1. The second-order valence-electron chi connectivity index (χ2n) is 7.82. The highest BCUT2D eigenvalue weighted by Gasteiger charge is 2.47. The summed E-state index contributed by atoms with van der Waals surface area (Å²) in [6.07, 6.45) is 0.797. The van der Waals surface area contributed by atoms with Crippen LogP contribution in [0.5, 0.6) is 5.75 Å². The number of ketones is 1. The molecule has 34 heavy (non-hydrogen) atoms. The smallest absolute Gasteiger partial charge is 0.300 e. The molecule has 1 unspecified atom stereocenters. The van der Waals surface area contributed by atoms with Gasteiger partial charge >= 0.3 is 0 Å². The predicted molar refractivity (Wildman–Crippen MR) is 125 cm³/mol. The van der Waals surface area contributed by atoms with E-state index in [1.165, 1.54) is 6.07 Å². The highest BCUT2D eigenvalue weighted by atomic mass is 19.2. The van der Waals surface area contributed by atoms with Crippen LogP contribution in [0.3, 0.4) is 0 Å². The third-order valence-corrected chi connectivity index (χ3v) is 5.75. The van der Waals surface area contributed by atoms with Crippen molar-refractivity contribution in [2.75, 3.05) is 11.5 Å². The van der Waals surface area contributed by atoms with Crippen LogP contribution in [-0.2, 0) is 16.0 Å². The Hall–Kier alpha value is -4.00. The molecule has 0 radical (unpaired) electrons. The van der Waals surface area contributed by atoms with Crippen LogP contribution in [0, 0.1) is 11.6 Å². The molecule has 0 aliphatic carbocycles. The van der Waals surface area contributed by atoms with Gasteiger partial charge in [0.15, 0.2) is 11.6 Å². The number of rotatable bonds is 6. The summed E-state index contributed by atoms with van der Waals surface area (Å²) in [5, 5.41) is 11.2. The van der Waals surface area contributed by atoms with E-state index >= 15 is 0 Å². The Kier molecular flexibility index (Phi) is 6.45. The van der Waals surface area contributed by atoms with Gasteiger partial charge in [-0.15, -0.1) is 0 Å². The molecule has 0 bridgehead atoms. The molecule has 1 atom stereocenters. The number of carbonyl (C=O) groups is 2. The van der Waals surface area contributed by atoms with Gasteiger partial charge in [0.1, 0.15) is 11.5 Å². The lowest BCUT2D eigenvalue weighted by Crippen LogP contribution is -2.29. The van der Waals surface area contributed by atoms with Crippen molar-refractivity contribution in [3.8, 4) is 5.75 Å². The average molecular weight is 463 g/mol. The molecule has 0 aromatic heterocycles. The molecule has 5 nitrogen and oxygen atoms in total. The first-order valence-electron chi connectivity index (χ1n) is 10.9. The molecule has 1 aliphatic heterocycles. The van der Waals surface area contributed by atoms with Crippen molar-refractivity contribution in [2.45, 2.75) is 26.3 Å². The Labute approximate surface area is 195 Å². The molecule has 1 aliphatic rings. The van der Waals surface area contributed by atoms with E-state index in [9.17, 15) is 23.5 Å². The number of anilines is 1. The van der Waals surface area contributed by atoms with Crippen LogP contribution in [0.2, 0.25) is 0 Å².